The highest BCUT2D eigenvalue weighted by atomic mass is 16.2. The van der Waals surface area contributed by atoms with Crippen molar-refractivity contribution in [2.75, 3.05) is 5.32 Å². The first-order chi connectivity index (χ1) is 9.56. The van der Waals surface area contributed by atoms with Crippen LogP contribution in [0.5, 0.6) is 0 Å². The molecule has 2 N–H and O–H groups in total. The molecule has 0 spiro atoms. The van der Waals surface area contributed by atoms with Crippen LogP contribution in [-0.2, 0) is 4.79 Å². The second-order valence-corrected chi connectivity index (χ2v) is 6.59. The lowest BCUT2D eigenvalue weighted by Gasteiger charge is -2.25. The van der Waals surface area contributed by atoms with Crippen molar-refractivity contribution in [2.24, 2.45) is 5.92 Å². The zero-order valence-corrected chi connectivity index (χ0v) is 12.2. The fraction of sp³-hybridized carbons (Fsp3) is 0.733. The average molecular weight is 277 g/mol. The van der Waals surface area contributed by atoms with Crippen LogP contribution in [0.25, 0.3) is 0 Å². The monoisotopic (exact) mass is 277 g/mol. The number of anilines is 1. The van der Waals surface area contributed by atoms with E-state index in [-0.39, 0.29) is 17.4 Å². The maximum absolute atomic E-state index is 12.3. The number of rotatable bonds is 3. The van der Waals surface area contributed by atoms with Gasteiger partial charge in [-0.1, -0.05) is 26.7 Å². The number of aromatic nitrogens is 2. The standard InChI is InChI=1S/C15H23N3O2/c1-9(2)7-10-8-12(19)16-14-13(10)15(20)17-18(14)11-5-3-4-6-11/h9-11H,3-8H2,1-2H3,(H,16,19)(H,17,20)/t10-/m0/s1. The van der Waals surface area contributed by atoms with Crippen molar-refractivity contribution in [1.82, 2.24) is 9.78 Å². The van der Waals surface area contributed by atoms with Crippen LogP contribution in [0.1, 0.15) is 69.9 Å². The second-order valence-electron chi connectivity index (χ2n) is 6.59. The van der Waals surface area contributed by atoms with Gasteiger partial charge in [0.15, 0.2) is 0 Å². The van der Waals surface area contributed by atoms with E-state index in [1.807, 2.05) is 4.68 Å². The molecule has 1 amide bonds. The quantitative estimate of drug-likeness (QED) is 0.892. The number of aromatic amines is 1. The van der Waals surface area contributed by atoms with E-state index in [4.69, 9.17) is 0 Å². The first-order valence-electron chi connectivity index (χ1n) is 7.70. The molecule has 1 aliphatic heterocycles. The molecule has 1 fully saturated rings. The molecule has 3 rings (SSSR count). The van der Waals surface area contributed by atoms with Crippen LogP contribution < -0.4 is 10.9 Å². The highest BCUT2D eigenvalue weighted by Gasteiger charge is 2.33. The number of nitrogens with one attached hydrogen (secondary N) is 2. The van der Waals surface area contributed by atoms with Gasteiger partial charge in [-0.15, -0.1) is 0 Å². The lowest BCUT2D eigenvalue weighted by molar-refractivity contribution is -0.117. The van der Waals surface area contributed by atoms with Crippen LogP contribution in [0.2, 0.25) is 0 Å². The molecule has 1 aliphatic carbocycles. The van der Waals surface area contributed by atoms with E-state index in [0.717, 1.165) is 30.6 Å². The van der Waals surface area contributed by atoms with Crippen LogP contribution in [0.4, 0.5) is 5.82 Å². The number of nitrogens with zero attached hydrogens (tertiary/aromatic N) is 1. The van der Waals surface area contributed by atoms with Gasteiger partial charge in [-0.3, -0.25) is 19.4 Å². The largest absolute Gasteiger partial charge is 0.311 e. The molecule has 2 aliphatic rings. The first kappa shape index (κ1) is 13.5. The minimum Gasteiger partial charge on any atom is -0.311 e. The Kier molecular flexibility index (Phi) is 3.44. The Morgan fingerprint density at radius 2 is 1.95 bits per heavy atom. The Morgan fingerprint density at radius 3 is 2.60 bits per heavy atom. The molecule has 1 aromatic rings. The highest BCUT2D eigenvalue weighted by molar-refractivity contribution is 5.93. The van der Waals surface area contributed by atoms with Crippen molar-refractivity contribution in [1.29, 1.82) is 0 Å². The van der Waals surface area contributed by atoms with Gasteiger partial charge in [0, 0.05) is 12.3 Å². The zero-order valence-electron chi connectivity index (χ0n) is 12.2. The lowest BCUT2D eigenvalue weighted by Crippen LogP contribution is -2.27. The van der Waals surface area contributed by atoms with E-state index < -0.39 is 0 Å². The third-order valence-corrected chi connectivity index (χ3v) is 4.51. The number of amides is 1. The summed E-state index contributed by atoms with van der Waals surface area (Å²) in [5.41, 5.74) is 0.780. The summed E-state index contributed by atoms with van der Waals surface area (Å²) >= 11 is 0. The van der Waals surface area contributed by atoms with Crippen LogP contribution in [-0.4, -0.2) is 15.7 Å². The molecule has 20 heavy (non-hydrogen) atoms. The second kappa shape index (κ2) is 5.11. The molecule has 0 aromatic carbocycles. The molecule has 0 unspecified atom stereocenters. The van der Waals surface area contributed by atoms with Gasteiger partial charge in [0.25, 0.3) is 5.56 Å². The molecule has 2 heterocycles. The van der Waals surface area contributed by atoms with Gasteiger partial charge in [0.05, 0.1) is 11.6 Å². The van der Waals surface area contributed by atoms with E-state index in [2.05, 4.69) is 24.3 Å². The van der Waals surface area contributed by atoms with Gasteiger partial charge in [0.1, 0.15) is 5.82 Å². The van der Waals surface area contributed by atoms with E-state index in [0.29, 0.717) is 18.4 Å². The lowest BCUT2D eigenvalue weighted by atomic mass is 9.86. The van der Waals surface area contributed by atoms with Gasteiger partial charge in [-0.2, -0.15) is 0 Å². The summed E-state index contributed by atoms with van der Waals surface area (Å²) in [6.45, 7) is 4.27. The summed E-state index contributed by atoms with van der Waals surface area (Å²) in [7, 11) is 0. The smallest absolute Gasteiger partial charge is 0.269 e. The normalized spacial score (nSPS) is 23.1. The maximum Gasteiger partial charge on any atom is 0.269 e. The van der Waals surface area contributed by atoms with E-state index in [9.17, 15) is 9.59 Å². The van der Waals surface area contributed by atoms with Crippen molar-refractivity contribution in [3.05, 3.63) is 15.9 Å². The third-order valence-electron chi connectivity index (χ3n) is 4.51. The average Bonchev–Trinajstić information content (AvgIpc) is 2.96. The van der Waals surface area contributed by atoms with E-state index in [1.165, 1.54) is 12.8 Å². The Hall–Kier alpha value is -1.52. The molecular weight excluding hydrogens is 254 g/mol. The van der Waals surface area contributed by atoms with Crippen molar-refractivity contribution in [2.45, 2.75) is 64.3 Å². The van der Waals surface area contributed by atoms with Gasteiger partial charge < -0.3 is 5.32 Å². The number of hydrogen-bond acceptors (Lipinski definition) is 2. The Bertz CT molecular complexity index is 564. The molecule has 0 saturated heterocycles. The van der Waals surface area contributed by atoms with Crippen molar-refractivity contribution < 1.29 is 4.79 Å². The molecule has 5 nitrogen and oxygen atoms in total. The molecule has 0 bridgehead atoms. The maximum atomic E-state index is 12.3. The summed E-state index contributed by atoms with van der Waals surface area (Å²) in [5.74, 6) is 1.32. The highest BCUT2D eigenvalue weighted by Crippen LogP contribution is 2.38. The Balaban J connectivity index is 2.01. The molecule has 0 radical (unpaired) electrons. The summed E-state index contributed by atoms with van der Waals surface area (Å²) in [6, 6.07) is 0.338. The van der Waals surface area contributed by atoms with Gasteiger partial charge in [0.2, 0.25) is 5.91 Å². The minimum atomic E-state index is -0.0162. The number of H-pyrrole nitrogens is 1. The van der Waals surface area contributed by atoms with Gasteiger partial charge in [-0.05, 0) is 25.2 Å². The van der Waals surface area contributed by atoms with E-state index >= 15 is 0 Å². The zero-order chi connectivity index (χ0) is 14.3. The molecule has 1 aromatic heterocycles. The van der Waals surface area contributed by atoms with Crippen molar-refractivity contribution in [3.63, 3.8) is 0 Å². The van der Waals surface area contributed by atoms with Crippen LogP contribution in [0, 0.1) is 5.92 Å². The molecular formula is C15H23N3O2. The fourth-order valence-electron chi connectivity index (χ4n) is 3.68. The molecule has 1 saturated carbocycles. The number of fused-ring (bicyclic) bond motifs is 1. The van der Waals surface area contributed by atoms with Crippen LogP contribution in [0.15, 0.2) is 4.79 Å². The first-order valence-corrected chi connectivity index (χ1v) is 7.70. The number of carbonyl (C=O) groups excluding carboxylic acids is 1. The SMILES string of the molecule is CC(C)C[C@H]1CC(=O)Nc2c1c(=O)[nH]n2C1CCCC1. The van der Waals surface area contributed by atoms with Gasteiger partial charge in [-0.25, -0.2) is 0 Å². The third kappa shape index (κ3) is 2.30. The summed E-state index contributed by atoms with van der Waals surface area (Å²) in [5, 5.41) is 5.89. The topological polar surface area (TPSA) is 66.9 Å². The summed E-state index contributed by atoms with van der Waals surface area (Å²) in [4.78, 5) is 24.3. The predicted molar refractivity (Wildman–Crippen MR) is 78.0 cm³/mol. The number of hydrogen-bond donors (Lipinski definition) is 2. The summed E-state index contributed by atoms with van der Waals surface area (Å²) < 4.78 is 1.93. The Morgan fingerprint density at radius 1 is 1.25 bits per heavy atom. The molecule has 5 heteroatoms. The van der Waals surface area contributed by atoms with Crippen LogP contribution in [0.3, 0.4) is 0 Å². The van der Waals surface area contributed by atoms with Gasteiger partial charge >= 0.3 is 0 Å². The molecule has 1 atom stereocenters. The minimum absolute atomic E-state index is 0.0162. The molecule has 110 valence electrons. The predicted octanol–water partition coefficient (Wildman–Crippen LogP) is 2.76. The Labute approximate surface area is 118 Å². The van der Waals surface area contributed by atoms with Crippen LogP contribution >= 0.6 is 0 Å². The van der Waals surface area contributed by atoms with E-state index in [1.54, 1.807) is 0 Å². The number of carbonyl (C=O) groups is 1. The fourth-order valence-corrected chi connectivity index (χ4v) is 3.68. The van der Waals surface area contributed by atoms with Crippen molar-refractivity contribution >= 4 is 11.7 Å². The summed E-state index contributed by atoms with van der Waals surface area (Å²) in [6.07, 6.45) is 5.89. The van der Waals surface area contributed by atoms with Crippen molar-refractivity contribution in [3.8, 4) is 0 Å².